The highest BCUT2D eigenvalue weighted by atomic mass is 19.1. The summed E-state index contributed by atoms with van der Waals surface area (Å²) in [6.45, 7) is 16.0. The molecule has 3 N–H and O–H groups in total. The molecule has 0 saturated carbocycles. The molecule has 5 rings (SSSR count). The zero-order valence-corrected chi connectivity index (χ0v) is 22.7. The number of fused-ring (bicyclic) bond motifs is 2. The normalized spacial score (nSPS) is 12.8. The summed E-state index contributed by atoms with van der Waals surface area (Å²) in [5, 5.41) is 10.6. The van der Waals surface area contributed by atoms with Crippen molar-refractivity contribution in [3.8, 4) is 22.6 Å². The van der Waals surface area contributed by atoms with Gasteiger partial charge >= 0.3 is 0 Å². The summed E-state index contributed by atoms with van der Waals surface area (Å²) in [6, 6.07) is 7.96. The van der Waals surface area contributed by atoms with Gasteiger partial charge in [-0.15, -0.1) is 0 Å². The molecule has 0 aliphatic carbocycles. The maximum Gasteiger partial charge on any atom is 0.184 e. The molecule has 0 unspecified atom stereocenters. The van der Waals surface area contributed by atoms with Gasteiger partial charge < -0.3 is 10.3 Å². The number of imidazole rings is 1. The lowest BCUT2D eigenvalue weighted by atomic mass is 9.92. The van der Waals surface area contributed by atoms with E-state index in [0.29, 0.717) is 39.5 Å². The number of rotatable bonds is 7. The van der Waals surface area contributed by atoms with Crippen molar-refractivity contribution in [1.29, 1.82) is 0 Å². The average Bonchev–Trinajstić information content (AvgIpc) is 3.56. The maximum atomic E-state index is 16.2. The summed E-state index contributed by atoms with van der Waals surface area (Å²) < 4.78 is 29.7. The zero-order chi connectivity index (χ0) is 28.6. The van der Waals surface area contributed by atoms with Gasteiger partial charge in [-0.1, -0.05) is 52.1 Å². The summed E-state index contributed by atoms with van der Waals surface area (Å²) in [5.41, 5.74) is 5.40. The monoisotopic (exact) mass is 537 g/mol. The van der Waals surface area contributed by atoms with Crippen LogP contribution in [0.15, 0.2) is 85.5 Å². The van der Waals surface area contributed by atoms with Gasteiger partial charge in [-0.2, -0.15) is 5.10 Å². The molecule has 4 heterocycles. The van der Waals surface area contributed by atoms with Gasteiger partial charge in [0.15, 0.2) is 17.1 Å². The SMILES string of the molecule is C=C/C(=C\C(=C/C)c1cnc2n[nH]c(-c3nc4nccc(-c5ccc(F)cc5)c4[nH]3)c2c1F)NC(=C)C(C)(C)C. The third kappa shape index (κ3) is 4.93. The molecule has 0 spiro atoms. The Balaban J connectivity index is 1.59. The third-order valence-electron chi connectivity index (χ3n) is 6.66. The molecule has 7 nitrogen and oxygen atoms in total. The van der Waals surface area contributed by atoms with Crippen molar-refractivity contribution in [1.82, 2.24) is 35.5 Å². The summed E-state index contributed by atoms with van der Waals surface area (Å²) in [4.78, 5) is 16.6. The Morgan fingerprint density at radius 2 is 1.80 bits per heavy atom. The van der Waals surface area contributed by atoms with Crippen molar-refractivity contribution in [3.63, 3.8) is 0 Å². The number of aromatic amines is 2. The first-order valence-corrected chi connectivity index (χ1v) is 12.7. The Morgan fingerprint density at radius 1 is 1.05 bits per heavy atom. The van der Waals surface area contributed by atoms with Crippen LogP contribution in [-0.4, -0.2) is 30.1 Å². The van der Waals surface area contributed by atoms with Crippen LogP contribution in [-0.2, 0) is 0 Å². The van der Waals surface area contributed by atoms with Gasteiger partial charge in [0.25, 0.3) is 0 Å². The summed E-state index contributed by atoms with van der Waals surface area (Å²) in [6.07, 6.45) is 8.35. The van der Waals surface area contributed by atoms with Crippen molar-refractivity contribution in [2.24, 2.45) is 5.41 Å². The summed E-state index contributed by atoms with van der Waals surface area (Å²) in [5.74, 6) is -0.472. The molecule has 0 radical (unpaired) electrons. The van der Waals surface area contributed by atoms with Gasteiger partial charge in [-0.25, -0.2) is 23.7 Å². The van der Waals surface area contributed by atoms with Crippen molar-refractivity contribution in [3.05, 3.63) is 103 Å². The molecule has 0 atom stereocenters. The van der Waals surface area contributed by atoms with E-state index in [-0.39, 0.29) is 22.3 Å². The second-order valence-corrected chi connectivity index (χ2v) is 10.3. The van der Waals surface area contributed by atoms with E-state index in [4.69, 9.17) is 0 Å². The summed E-state index contributed by atoms with van der Waals surface area (Å²) >= 11 is 0. The molecule has 0 saturated heterocycles. The van der Waals surface area contributed by atoms with Crippen LogP contribution in [0.4, 0.5) is 8.78 Å². The molecular formula is C31H29F2N7. The first-order chi connectivity index (χ1) is 19.1. The van der Waals surface area contributed by atoms with E-state index in [1.54, 1.807) is 36.6 Å². The minimum absolute atomic E-state index is 0.173. The van der Waals surface area contributed by atoms with Crippen molar-refractivity contribution >= 4 is 27.8 Å². The highest BCUT2D eigenvalue weighted by molar-refractivity contribution is 5.96. The maximum absolute atomic E-state index is 16.2. The fraction of sp³-hybridized carbons (Fsp3) is 0.161. The number of halogens is 2. The zero-order valence-electron chi connectivity index (χ0n) is 22.7. The topological polar surface area (TPSA) is 95.2 Å². The Bertz CT molecular complexity index is 1820. The number of nitrogens with zero attached hydrogens (tertiary/aromatic N) is 4. The van der Waals surface area contributed by atoms with Gasteiger partial charge in [0.1, 0.15) is 17.3 Å². The Hall–Kier alpha value is -4.92. The minimum Gasteiger partial charge on any atom is -0.359 e. The number of pyridine rings is 2. The predicted molar refractivity (Wildman–Crippen MR) is 156 cm³/mol. The predicted octanol–water partition coefficient (Wildman–Crippen LogP) is 7.46. The number of hydrogen-bond acceptors (Lipinski definition) is 5. The second kappa shape index (κ2) is 10.3. The Labute approximate surface area is 230 Å². The Kier molecular flexibility index (Phi) is 6.89. The molecule has 0 bridgehead atoms. The molecule has 202 valence electrons. The van der Waals surface area contributed by atoms with E-state index < -0.39 is 5.82 Å². The van der Waals surface area contributed by atoms with Crippen LogP contribution in [0.2, 0.25) is 0 Å². The van der Waals surface area contributed by atoms with Gasteiger partial charge in [0.05, 0.1) is 10.9 Å². The van der Waals surface area contributed by atoms with Crippen LogP contribution in [0.25, 0.3) is 50.4 Å². The number of aromatic nitrogens is 6. The van der Waals surface area contributed by atoms with Crippen LogP contribution >= 0.6 is 0 Å². The Morgan fingerprint density at radius 3 is 2.48 bits per heavy atom. The van der Waals surface area contributed by atoms with Gasteiger partial charge in [0, 0.05) is 40.3 Å². The van der Waals surface area contributed by atoms with Crippen LogP contribution in [0.1, 0.15) is 33.3 Å². The molecule has 40 heavy (non-hydrogen) atoms. The van der Waals surface area contributed by atoms with Gasteiger partial charge in [0.2, 0.25) is 0 Å². The van der Waals surface area contributed by atoms with Crippen molar-refractivity contribution in [2.45, 2.75) is 27.7 Å². The van der Waals surface area contributed by atoms with Crippen molar-refractivity contribution < 1.29 is 8.78 Å². The van der Waals surface area contributed by atoms with Crippen LogP contribution in [0, 0.1) is 17.0 Å². The van der Waals surface area contributed by atoms with Crippen LogP contribution in [0.5, 0.6) is 0 Å². The first kappa shape index (κ1) is 26.7. The molecule has 5 aromatic rings. The third-order valence-corrected chi connectivity index (χ3v) is 6.66. The highest BCUT2D eigenvalue weighted by Gasteiger charge is 2.22. The lowest BCUT2D eigenvalue weighted by Crippen LogP contribution is -2.22. The van der Waals surface area contributed by atoms with Gasteiger partial charge in [-0.3, -0.25) is 5.10 Å². The quantitative estimate of drug-likeness (QED) is 0.187. The molecular weight excluding hydrogens is 508 g/mol. The first-order valence-electron chi connectivity index (χ1n) is 12.7. The largest absolute Gasteiger partial charge is 0.359 e. The number of H-pyrrole nitrogens is 2. The fourth-order valence-electron chi connectivity index (χ4n) is 4.21. The van der Waals surface area contributed by atoms with E-state index >= 15 is 4.39 Å². The van der Waals surface area contributed by atoms with Crippen LogP contribution < -0.4 is 5.32 Å². The fourth-order valence-corrected chi connectivity index (χ4v) is 4.21. The standard InChI is InChI=1S/C31H29F2N7/c1-7-18(15-21(8-2)36-17(3)31(4,5)6)23-16-35-28-24(25(23)33)27(39-40-28)30-37-26-22(13-14-34-29(26)38-30)19-9-11-20(32)12-10-19/h7-16,36H,2-3H2,1,4-6H3,(H,34,37,38)(H,35,39,40)/b18-7+,21-15+. The number of hydrogen-bond donors (Lipinski definition) is 3. The molecule has 0 aliphatic rings. The van der Waals surface area contributed by atoms with Gasteiger partial charge in [-0.05, 0) is 48.4 Å². The van der Waals surface area contributed by atoms with Crippen molar-refractivity contribution in [2.75, 3.05) is 0 Å². The van der Waals surface area contributed by atoms with Crippen LogP contribution in [0.3, 0.4) is 0 Å². The van der Waals surface area contributed by atoms with E-state index in [1.807, 2.05) is 33.8 Å². The highest BCUT2D eigenvalue weighted by Crippen LogP contribution is 2.33. The molecule has 1 aromatic carbocycles. The number of allylic oxidation sites excluding steroid dienone is 5. The number of nitrogens with one attached hydrogen (secondary N) is 3. The van der Waals surface area contributed by atoms with E-state index in [2.05, 4.69) is 48.6 Å². The summed E-state index contributed by atoms with van der Waals surface area (Å²) in [7, 11) is 0. The average molecular weight is 538 g/mol. The molecule has 0 fully saturated rings. The molecule has 0 amide bonds. The minimum atomic E-state index is -0.497. The smallest absolute Gasteiger partial charge is 0.184 e. The second-order valence-electron chi connectivity index (χ2n) is 10.3. The lowest BCUT2D eigenvalue weighted by Gasteiger charge is -2.24. The number of benzene rings is 1. The molecule has 9 heteroatoms. The molecule has 0 aliphatic heterocycles. The van der Waals surface area contributed by atoms with E-state index in [9.17, 15) is 4.39 Å². The van der Waals surface area contributed by atoms with E-state index in [1.165, 1.54) is 18.3 Å². The van der Waals surface area contributed by atoms with E-state index in [0.717, 1.165) is 16.8 Å². The molecule has 4 aromatic heterocycles. The lowest BCUT2D eigenvalue weighted by molar-refractivity contribution is 0.478.